The van der Waals surface area contributed by atoms with Crippen molar-refractivity contribution < 1.29 is 0 Å². The molecule has 1 aromatic carbocycles. The highest BCUT2D eigenvalue weighted by atomic mass is 15.1. The second kappa shape index (κ2) is 6.18. The van der Waals surface area contributed by atoms with Crippen molar-refractivity contribution in [2.24, 2.45) is 0 Å². The lowest BCUT2D eigenvalue weighted by atomic mass is 10.1. The van der Waals surface area contributed by atoms with Crippen LogP contribution in [0.1, 0.15) is 24.5 Å². The van der Waals surface area contributed by atoms with Crippen molar-refractivity contribution in [3.8, 4) is 0 Å². The fourth-order valence-corrected chi connectivity index (χ4v) is 2.00. The Balaban J connectivity index is 2.30. The zero-order valence-corrected chi connectivity index (χ0v) is 11.7. The topological polar surface area (TPSA) is 49.8 Å². The average Bonchev–Trinajstić information content (AvgIpc) is 2.43. The first kappa shape index (κ1) is 13.3. The van der Waals surface area contributed by atoms with Gasteiger partial charge in [-0.2, -0.15) is 0 Å². The van der Waals surface area contributed by atoms with Crippen LogP contribution in [0, 0.1) is 6.92 Å². The Labute approximate surface area is 114 Å². The molecule has 4 nitrogen and oxygen atoms in total. The minimum Gasteiger partial charge on any atom is -0.373 e. The van der Waals surface area contributed by atoms with Gasteiger partial charge in [0, 0.05) is 18.3 Å². The Morgan fingerprint density at radius 3 is 2.37 bits per heavy atom. The van der Waals surface area contributed by atoms with Gasteiger partial charge < -0.3 is 10.6 Å². The van der Waals surface area contributed by atoms with Crippen molar-refractivity contribution in [2.75, 3.05) is 17.7 Å². The second-order valence-electron chi connectivity index (χ2n) is 4.54. The third kappa shape index (κ3) is 3.22. The van der Waals surface area contributed by atoms with E-state index < -0.39 is 0 Å². The SMILES string of the molecule is CCCc1c(NC)ncnc1Nc1ccc(C)cc1. The molecule has 100 valence electrons. The summed E-state index contributed by atoms with van der Waals surface area (Å²) in [5.74, 6) is 1.77. The zero-order chi connectivity index (χ0) is 13.7. The molecule has 2 rings (SSSR count). The molecule has 0 spiro atoms. The maximum atomic E-state index is 4.36. The van der Waals surface area contributed by atoms with E-state index in [4.69, 9.17) is 0 Å². The molecule has 2 aromatic rings. The molecule has 1 heterocycles. The fourth-order valence-electron chi connectivity index (χ4n) is 2.00. The van der Waals surface area contributed by atoms with Gasteiger partial charge >= 0.3 is 0 Å². The van der Waals surface area contributed by atoms with Crippen LogP contribution in [0.3, 0.4) is 0 Å². The molecule has 0 atom stereocenters. The highest BCUT2D eigenvalue weighted by Gasteiger charge is 2.09. The van der Waals surface area contributed by atoms with Crippen LogP contribution in [0.5, 0.6) is 0 Å². The quantitative estimate of drug-likeness (QED) is 0.859. The molecular weight excluding hydrogens is 236 g/mol. The first-order valence-electron chi connectivity index (χ1n) is 6.60. The van der Waals surface area contributed by atoms with Gasteiger partial charge in [0.25, 0.3) is 0 Å². The molecule has 0 saturated heterocycles. The standard InChI is InChI=1S/C15H20N4/c1-4-5-13-14(16-3)17-10-18-15(13)19-12-8-6-11(2)7-9-12/h6-10H,4-5H2,1-3H3,(H2,16,17,18,19). The summed E-state index contributed by atoms with van der Waals surface area (Å²) >= 11 is 0. The molecule has 0 radical (unpaired) electrons. The second-order valence-corrected chi connectivity index (χ2v) is 4.54. The maximum absolute atomic E-state index is 4.36. The number of hydrogen-bond donors (Lipinski definition) is 2. The minimum atomic E-state index is 0.880. The van der Waals surface area contributed by atoms with E-state index in [1.54, 1.807) is 6.33 Å². The lowest BCUT2D eigenvalue weighted by Gasteiger charge is -2.13. The molecule has 0 saturated carbocycles. The van der Waals surface area contributed by atoms with Gasteiger partial charge in [0.2, 0.25) is 0 Å². The fraction of sp³-hybridized carbons (Fsp3) is 0.333. The number of anilines is 3. The van der Waals surface area contributed by atoms with Crippen LogP contribution in [-0.2, 0) is 6.42 Å². The molecule has 2 N–H and O–H groups in total. The Morgan fingerprint density at radius 1 is 1.05 bits per heavy atom. The molecule has 0 fully saturated rings. The van der Waals surface area contributed by atoms with Gasteiger partial charge in [-0.3, -0.25) is 0 Å². The summed E-state index contributed by atoms with van der Waals surface area (Å²) in [6.07, 6.45) is 3.59. The highest BCUT2D eigenvalue weighted by molar-refractivity contribution is 5.64. The van der Waals surface area contributed by atoms with Crippen molar-refractivity contribution in [3.05, 3.63) is 41.7 Å². The summed E-state index contributed by atoms with van der Waals surface area (Å²) in [5.41, 5.74) is 3.43. The summed E-state index contributed by atoms with van der Waals surface area (Å²) in [7, 11) is 1.89. The van der Waals surface area contributed by atoms with E-state index in [-0.39, 0.29) is 0 Å². The van der Waals surface area contributed by atoms with E-state index in [1.165, 1.54) is 5.56 Å². The van der Waals surface area contributed by atoms with Crippen LogP contribution in [0.2, 0.25) is 0 Å². The van der Waals surface area contributed by atoms with Crippen LogP contribution >= 0.6 is 0 Å². The summed E-state index contributed by atoms with van der Waals surface area (Å²) < 4.78 is 0. The van der Waals surface area contributed by atoms with Crippen LogP contribution in [0.4, 0.5) is 17.3 Å². The first-order chi connectivity index (χ1) is 9.24. The minimum absolute atomic E-state index is 0.880. The van der Waals surface area contributed by atoms with E-state index in [2.05, 4.69) is 58.7 Å². The molecule has 0 unspecified atom stereocenters. The Bertz CT molecular complexity index is 534. The van der Waals surface area contributed by atoms with E-state index in [9.17, 15) is 0 Å². The number of aromatic nitrogens is 2. The van der Waals surface area contributed by atoms with E-state index in [0.717, 1.165) is 35.7 Å². The molecule has 0 aliphatic heterocycles. The van der Waals surface area contributed by atoms with Crippen LogP contribution in [0.25, 0.3) is 0 Å². The Kier molecular flexibility index (Phi) is 4.34. The van der Waals surface area contributed by atoms with Gasteiger partial charge in [0.15, 0.2) is 0 Å². The lowest BCUT2D eigenvalue weighted by Crippen LogP contribution is -2.05. The molecule has 0 aliphatic carbocycles. The number of benzene rings is 1. The molecule has 0 amide bonds. The number of nitrogens with zero attached hydrogens (tertiary/aromatic N) is 2. The van der Waals surface area contributed by atoms with Gasteiger partial charge in [0.1, 0.15) is 18.0 Å². The zero-order valence-electron chi connectivity index (χ0n) is 11.7. The summed E-state index contributed by atoms with van der Waals surface area (Å²) in [4.78, 5) is 8.63. The van der Waals surface area contributed by atoms with Crippen molar-refractivity contribution >= 4 is 17.3 Å². The van der Waals surface area contributed by atoms with Gasteiger partial charge in [-0.15, -0.1) is 0 Å². The summed E-state index contributed by atoms with van der Waals surface area (Å²) in [6.45, 7) is 4.23. The van der Waals surface area contributed by atoms with Crippen LogP contribution in [0.15, 0.2) is 30.6 Å². The van der Waals surface area contributed by atoms with Gasteiger partial charge in [0.05, 0.1) is 0 Å². The predicted molar refractivity (Wildman–Crippen MR) is 80.0 cm³/mol. The third-order valence-corrected chi connectivity index (χ3v) is 3.00. The van der Waals surface area contributed by atoms with E-state index >= 15 is 0 Å². The number of nitrogens with one attached hydrogen (secondary N) is 2. The number of aryl methyl sites for hydroxylation is 1. The maximum Gasteiger partial charge on any atom is 0.139 e. The monoisotopic (exact) mass is 256 g/mol. The molecule has 0 bridgehead atoms. The van der Waals surface area contributed by atoms with Gasteiger partial charge in [-0.05, 0) is 25.5 Å². The third-order valence-electron chi connectivity index (χ3n) is 3.00. The number of rotatable bonds is 5. The molecule has 4 heteroatoms. The average molecular weight is 256 g/mol. The predicted octanol–water partition coefficient (Wildman–Crippen LogP) is 3.52. The molecule has 0 aliphatic rings. The van der Waals surface area contributed by atoms with Gasteiger partial charge in [-0.25, -0.2) is 9.97 Å². The van der Waals surface area contributed by atoms with E-state index in [0.29, 0.717) is 0 Å². The first-order valence-corrected chi connectivity index (χ1v) is 6.60. The van der Waals surface area contributed by atoms with Crippen LogP contribution in [-0.4, -0.2) is 17.0 Å². The van der Waals surface area contributed by atoms with Crippen LogP contribution < -0.4 is 10.6 Å². The largest absolute Gasteiger partial charge is 0.373 e. The normalized spacial score (nSPS) is 10.3. The van der Waals surface area contributed by atoms with E-state index in [1.807, 2.05) is 7.05 Å². The Morgan fingerprint density at radius 2 is 1.74 bits per heavy atom. The smallest absolute Gasteiger partial charge is 0.139 e. The lowest BCUT2D eigenvalue weighted by molar-refractivity contribution is 0.905. The highest BCUT2D eigenvalue weighted by Crippen LogP contribution is 2.24. The van der Waals surface area contributed by atoms with Gasteiger partial charge in [-0.1, -0.05) is 31.0 Å². The van der Waals surface area contributed by atoms with Crippen molar-refractivity contribution in [3.63, 3.8) is 0 Å². The summed E-state index contributed by atoms with van der Waals surface area (Å²) in [6, 6.07) is 8.29. The number of hydrogen-bond acceptors (Lipinski definition) is 4. The Hall–Kier alpha value is -2.10. The van der Waals surface area contributed by atoms with Crippen molar-refractivity contribution in [1.82, 2.24) is 9.97 Å². The van der Waals surface area contributed by atoms with Crippen molar-refractivity contribution in [1.29, 1.82) is 0 Å². The summed E-state index contributed by atoms with van der Waals surface area (Å²) in [5, 5.41) is 6.49. The molecule has 19 heavy (non-hydrogen) atoms. The molecule has 1 aromatic heterocycles. The van der Waals surface area contributed by atoms with Crippen molar-refractivity contribution in [2.45, 2.75) is 26.7 Å². The molecular formula is C15H20N4.